The molecular formula is C31H24FN3O2. The lowest BCUT2D eigenvalue weighted by Gasteiger charge is -2.47. The van der Waals surface area contributed by atoms with Crippen molar-refractivity contribution >= 4 is 33.5 Å². The Kier molecular flexibility index (Phi) is 4.89. The number of hydrogen-bond acceptors (Lipinski definition) is 2. The Bertz CT molecular complexity index is 1700. The Morgan fingerprint density at radius 1 is 0.838 bits per heavy atom. The van der Waals surface area contributed by atoms with Gasteiger partial charge in [-0.25, -0.2) is 4.39 Å². The third-order valence-electron chi connectivity index (χ3n) is 7.78. The van der Waals surface area contributed by atoms with Crippen LogP contribution in [0.15, 0.2) is 91.0 Å². The maximum atomic E-state index is 14.4. The molecule has 4 aromatic carbocycles. The molecule has 3 heterocycles. The quantitative estimate of drug-likeness (QED) is 0.372. The van der Waals surface area contributed by atoms with Crippen molar-refractivity contribution < 1.29 is 14.0 Å². The largest absolute Gasteiger partial charge is 0.356 e. The molecule has 182 valence electrons. The molecule has 2 amide bonds. The maximum absolute atomic E-state index is 14.4. The fourth-order valence-electron chi connectivity index (χ4n) is 6.10. The number of nitrogens with one attached hydrogen (secondary N) is 1. The molecule has 0 unspecified atom stereocenters. The number of aromatic amines is 1. The number of amides is 2. The number of H-pyrrole nitrogens is 1. The number of aromatic nitrogens is 1. The summed E-state index contributed by atoms with van der Waals surface area (Å²) in [5.74, 6) is -0.659. The molecule has 0 radical (unpaired) electrons. The first-order valence-electron chi connectivity index (χ1n) is 12.5. The molecular weight excluding hydrogens is 465 g/mol. The summed E-state index contributed by atoms with van der Waals surface area (Å²) >= 11 is 0. The highest BCUT2D eigenvalue weighted by Gasteiger charge is 2.48. The standard InChI is InChI=1S/C31H24FN3O2/c32-25-14-5-2-9-20(25)17-34-18-28(36)35-27(31(34)37)16-24-22-12-4-6-15-26(22)33-29(24)30(35)23-13-7-10-19-8-1-3-11-21(19)23/h1-15,27,30,33H,16-18H2/t27-,30+/m0/s1. The minimum Gasteiger partial charge on any atom is -0.356 e. The van der Waals surface area contributed by atoms with Crippen LogP contribution in [0.5, 0.6) is 0 Å². The Morgan fingerprint density at radius 2 is 1.57 bits per heavy atom. The first-order valence-corrected chi connectivity index (χ1v) is 12.5. The number of benzene rings is 4. The predicted molar refractivity (Wildman–Crippen MR) is 140 cm³/mol. The summed E-state index contributed by atoms with van der Waals surface area (Å²) in [7, 11) is 0. The summed E-state index contributed by atoms with van der Waals surface area (Å²) in [4.78, 5) is 34.6. The van der Waals surface area contributed by atoms with Gasteiger partial charge in [0, 0.05) is 35.1 Å². The molecule has 0 bridgehead atoms. The van der Waals surface area contributed by atoms with E-state index in [0.717, 1.165) is 38.5 Å². The summed E-state index contributed by atoms with van der Waals surface area (Å²) in [5.41, 5.74) is 4.40. The number of piperazine rings is 1. The van der Waals surface area contributed by atoms with E-state index in [9.17, 15) is 14.0 Å². The maximum Gasteiger partial charge on any atom is 0.246 e. The van der Waals surface area contributed by atoms with Gasteiger partial charge >= 0.3 is 0 Å². The number of halogens is 1. The van der Waals surface area contributed by atoms with Gasteiger partial charge in [-0.1, -0.05) is 78.9 Å². The molecule has 37 heavy (non-hydrogen) atoms. The number of hydrogen-bond donors (Lipinski definition) is 1. The van der Waals surface area contributed by atoms with Gasteiger partial charge in [0.25, 0.3) is 0 Å². The third-order valence-corrected chi connectivity index (χ3v) is 7.78. The summed E-state index contributed by atoms with van der Waals surface area (Å²) in [6, 6.07) is 27.6. The normalized spacial score (nSPS) is 19.4. The molecule has 5 nitrogen and oxygen atoms in total. The molecule has 1 fully saturated rings. The van der Waals surface area contributed by atoms with Gasteiger partial charge in [0.2, 0.25) is 11.8 Å². The Hall–Kier alpha value is -4.45. The van der Waals surface area contributed by atoms with Gasteiger partial charge in [0.15, 0.2) is 0 Å². The van der Waals surface area contributed by atoms with E-state index in [2.05, 4.69) is 29.2 Å². The SMILES string of the molecule is O=C1[C@@H]2Cc3c([nH]c4ccccc34)[C@@H](c3cccc4ccccc34)N2C(=O)CN1Cc1ccccc1F. The van der Waals surface area contributed by atoms with E-state index >= 15 is 0 Å². The average molecular weight is 490 g/mol. The monoisotopic (exact) mass is 489 g/mol. The molecule has 1 saturated heterocycles. The Morgan fingerprint density at radius 3 is 2.43 bits per heavy atom. The zero-order valence-corrected chi connectivity index (χ0v) is 20.0. The molecule has 0 aliphatic carbocycles. The van der Waals surface area contributed by atoms with E-state index in [-0.39, 0.29) is 30.7 Å². The third kappa shape index (κ3) is 3.36. The molecule has 7 rings (SSSR count). The lowest BCUT2D eigenvalue weighted by atomic mass is 9.84. The fraction of sp³-hybridized carbons (Fsp3) is 0.161. The molecule has 6 heteroatoms. The second-order valence-corrected chi connectivity index (χ2v) is 9.84. The molecule has 2 atom stereocenters. The predicted octanol–water partition coefficient (Wildman–Crippen LogP) is 5.35. The minimum atomic E-state index is -0.663. The number of para-hydroxylation sites is 1. The van der Waals surface area contributed by atoms with Gasteiger partial charge < -0.3 is 14.8 Å². The van der Waals surface area contributed by atoms with Crippen LogP contribution in [0.3, 0.4) is 0 Å². The molecule has 5 aromatic rings. The van der Waals surface area contributed by atoms with Crippen molar-refractivity contribution in [1.29, 1.82) is 0 Å². The molecule has 1 N–H and O–H groups in total. The van der Waals surface area contributed by atoms with E-state index in [4.69, 9.17) is 0 Å². The van der Waals surface area contributed by atoms with Crippen molar-refractivity contribution in [3.8, 4) is 0 Å². The van der Waals surface area contributed by atoms with Gasteiger partial charge in [0.05, 0.1) is 6.04 Å². The lowest BCUT2D eigenvalue weighted by molar-refractivity contribution is -0.159. The molecule has 2 aliphatic heterocycles. The van der Waals surface area contributed by atoms with Crippen molar-refractivity contribution in [2.24, 2.45) is 0 Å². The van der Waals surface area contributed by atoms with Crippen LogP contribution in [0.2, 0.25) is 0 Å². The Balaban J connectivity index is 1.39. The van der Waals surface area contributed by atoms with E-state index in [0.29, 0.717) is 12.0 Å². The zero-order valence-electron chi connectivity index (χ0n) is 20.0. The van der Waals surface area contributed by atoms with Crippen molar-refractivity contribution in [3.05, 3.63) is 119 Å². The minimum absolute atomic E-state index is 0.0707. The van der Waals surface area contributed by atoms with Crippen LogP contribution in [0.1, 0.15) is 28.4 Å². The summed E-state index contributed by atoms with van der Waals surface area (Å²) < 4.78 is 14.4. The highest BCUT2D eigenvalue weighted by molar-refractivity contribution is 5.98. The van der Waals surface area contributed by atoms with Gasteiger partial charge in [-0.05, 0) is 34.0 Å². The Labute approximate surface area is 213 Å². The fourth-order valence-corrected chi connectivity index (χ4v) is 6.10. The second-order valence-electron chi connectivity index (χ2n) is 9.84. The van der Waals surface area contributed by atoms with Crippen LogP contribution >= 0.6 is 0 Å². The van der Waals surface area contributed by atoms with Gasteiger partial charge in [0.1, 0.15) is 18.4 Å². The van der Waals surface area contributed by atoms with Crippen LogP contribution < -0.4 is 0 Å². The van der Waals surface area contributed by atoms with E-state index < -0.39 is 12.1 Å². The van der Waals surface area contributed by atoms with Crippen molar-refractivity contribution in [1.82, 2.24) is 14.8 Å². The topological polar surface area (TPSA) is 56.4 Å². The first-order chi connectivity index (χ1) is 18.1. The highest BCUT2D eigenvalue weighted by Crippen LogP contribution is 2.44. The van der Waals surface area contributed by atoms with Gasteiger partial charge in [-0.2, -0.15) is 0 Å². The van der Waals surface area contributed by atoms with Crippen LogP contribution in [0.4, 0.5) is 4.39 Å². The van der Waals surface area contributed by atoms with Crippen LogP contribution in [0, 0.1) is 5.82 Å². The number of carbonyl (C=O) groups is 2. The van der Waals surface area contributed by atoms with Crippen molar-refractivity contribution in [2.45, 2.75) is 25.0 Å². The molecule has 2 aliphatic rings. The van der Waals surface area contributed by atoms with Crippen LogP contribution in [-0.2, 0) is 22.6 Å². The van der Waals surface area contributed by atoms with Gasteiger partial charge in [-0.3, -0.25) is 9.59 Å². The lowest BCUT2D eigenvalue weighted by Crippen LogP contribution is -2.62. The summed E-state index contributed by atoms with van der Waals surface area (Å²) in [5, 5.41) is 3.19. The van der Waals surface area contributed by atoms with E-state index in [1.54, 1.807) is 23.1 Å². The van der Waals surface area contributed by atoms with Crippen molar-refractivity contribution in [2.75, 3.05) is 6.54 Å². The number of nitrogens with zero attached hydrogens (tertiary/aromatic N) is 2. The summed E-state index contributed by atoms with van der Waals surface area (Å²) in [6.07, 6.45) is 0.416. The van der Waals surface area contributed by atoms with Crippen LogP contribution in [0.25, 0.3) is 21.7 Å². The average Bonchev–Trinajstić information content (AvgIpc) is 3.30. The summed E-state index contributed by atoms with van der Waals surface area (Å²) in [6.45, 7) is -0.0121. The van der Waals surface area contributed by atoms with E-state index in [1.165, 1.54) is 11.0 Å². The second kappa shape index (κ2) is 8.30. The molecule has 0 saturated carbocycles. The van der Waals surface area contributed by atoms with E-state index in [1.807, 2.05) is 42.5 Å². The van der Waals surface area contributed by atoms with Crippen LogP contribution in [-0.4, -0.2) is 39.2 Å². The molecule has 0 spiro atoms. The first kappa shape index (κ1) is 21.8. The molecule has 1 aromatic heterocycles. The number of carbonyl (C=O) groups excluding carboxylic acids is 2. The van der Waals surface area contributed by atoms with Gasteiger partial charge in [-0.15, -0.1) is 0 Å². The smallest absolute Gasteiger partial charge is 0.246 e. The number of rotatable bonds is 3. The highest BCUT2D eigenvalue weighted by atomic mass is 19.1. The zero-order chi connectivity index (χ0) is 25.1. The van der Waals surface area contributed by atoms with Crippen molar-refractivity contribution in [3.63, 3.8) is 0 Å². The number of fused-ring (bicyclic) bond motifs is 5.